The number of esters is 1. The van der Waals surface area contributed by atoms with Gasteiger partial charge in [-0.15, -0.1) is 0 Å². The van der Waals surface area contributed by atoms with E-state index >= 15 is 0 Å². The van der Waals surface area contributed by atoms with Crippen molar-refractivity contribution < 1.29 is 44.3 Å². The number of ketones is 2. The van der Waals surface area contributed by atoms with Crippen molar-refractivity contribution in [3.63, 3.8) is 0 Å². The zero-order valence-electron chi connectivity index (χ0n) is 24.0. The zero-order valence-corrected chi connectivity index (χ0v) is 24.0. The van der Waals surface area contributed by atoms with Crippen LogP contribution in [0.15, 0.2) is 35.1 Å². The van der Waals surface area contributed by atoms with E-state index in [-0.39, 0.29) is 29.2 Å². The molecular weight excluding hydrogens is 554 g/mol. The highest BCUT2D eigenvalue weighted by atomic mass is 16.5. The lowest BCUT2D eigenvalue weighted by Gasteiger charge is -2.51. The maximum Gasteiger partial charge on any atom is 0.306 e. The predicted octanol–water partition coefficient (Wildman–Crippen LogP) is 3.36. The normalized spacial score (nSPS) is 39.6. The maximum atomic E-state index is 14.1. The van der Waals surface area contributed by atoms with E-state index in [0.29, 0.717) is 29.2 Å². The number of phenols is 1. The SMILES string of the molecule is C[C@H]1c2cccc(O)c2C(O)=C2C(=O)[C@]3(O)C(O)=C(C(N)=O)C(=O)C[C@@H]3[C@@H](OC(=O)CC3CC4CC5CC(C4)CC3C5)[C@@H]21. The number of carbonyl (C=O) groups is 4. The molecule has 3 unspecified atom stereocenters. The summed E-state index contributed by atoms with van der Waals surface area (Å²) in [5.41, 5.74) is 1.75. The van der Waals surface area contributed by atoms with Crippen LogP contribution in [0.2, 0.25) is 0 Å². The third-order valence-corrected chi connectivity index (χ3v) is 11.6. The van der Waals surface area contributed by atoms with Gasteiger partial charge in [-0.1, -0.05) is 19.1 Å². The second-order valence-corrected chi connectivity index (χ2v) is 13.9. The van der Waals surface area contributed by atoms with Crippen molar-refractivity contribution in [1.29, 1.82) is 0 Å². The van der Waals surface area contributed by atoms with Crippen molar-refractivity contribution in [2.45, 2.75) is 75.9 Å². The second kappa shape index (κ2) is 9.67. The minimum Gasteiger partial charge on any atom is -0.508 e. The fraction of sp³-hybridized carbons (Fsp3) is 0.576. The number of Topliss-reactive ketones (excluding diaryl/α,β-unsaturated/α-hetero) is 2. The molecule has 6 N–H and O–H groups in total. The summed E-state index contributed by atoms with van der Waals surface area (Å²) in [7, 11) is 0. The Bertz CT molecular complexity index is 1510. The van der Waals surface area contributed by atoms with Crippen LogP contribution in [-0.4, -0.2) is 55.6 Å². The van der Waals surface area contributed by atoms with Crippen LogP contribution >= 0.6 is 0 Å². The van der Waals surface area contributed by atoms with Gasteiger partial charge in [0.25, 0.3) is 5.91 Å². The Hall–Kier alpha value is -3.66. The number of hydrogen-bond acceptors (Lipinski definition) is 9. The van der Waals surface area contributed by atoms with E-state index in [0.717, 1.165) is 19.3 Å². The van der Waals surface area contributed by atoms with Crippen molar-refractivity contribution in [3.8, 4) is 5.75 Å². The molecule has 7 aliphatic rings. The molecule has 1 amide bonds. The average molecular weight is 592 g/mol. The van der Waals surface area contributed by atoms with Gasteiger partial charge >= 0.3 is 5.97 Å². The van der Waals surface area contributed by atoms with Gasteiger partial charge < -0.3 is 30.9 Å². The van der Waals surface area contributed by atoms with Crippen LogP contribution < -0.4 is 5.73 Å². The number of rotatable bonds is 4. The lowest BCUT2D eigenvalue weighted by atomic mass is 9.55. The first kappa shape index (κ1) is 28.1. The first-order chi connectivity index (χ1) is 20.4. The number of phenolic OH excluding ortho intramolecular Hbond substituents is 1. The summed E-state index contributed by atoms with van der Waals surface area (Å²) in [6.45, 7) is 1.75. The van der Waals surface area contributed by atoms with Crippen molar-refractivity contribution in [1.82, 2.24) is 0 Å². The van der Waals surface area contributed by atoms with Crippen molar-refractivity contribution in [2.75, 3.05) is 0 Å². The molecule has 10 heteroatoms. The average Bonchev–Trinajstić information content (AvgIpc) is 3.12. The number of ether oxygens (including phenoxy) is 1. The van der Waals surface area contributed by atoms with Gasteiger partial charge in [0, 0.05) is 30.3 Å². The van der Waals surface area contributed by atoms with Gasteiger partial charge in [0.2, 0.25) is 5.78 Å². The summed E-state index contributed by atoms with van der Waals surface area (Å²) in [6.07, 6.45) is 5.11. The number of benzene rings is 1. The minimum absolute atomic E-state index is 0.00324. The van der Waals surface area contributed by atoms with Crippen LogP contribution in [0.3, 0.4) is 0 Å². The van der Waals surface area contributed by atoms with Crippen LogP contribution in [0, 0.1) is 41.4 Å². The minimum atomic E-state index is -2.86. The largest absolute Gasteiger partial charge is 0.508 e. The smallest absolute Gasteiger partial charge is 0.306 e. The number of aromatic hydroxyl groups is 1. The number of fused-ring (bicyclic) bond motifs is 4. The van der Waals surface area contributed by atoms with Gasteiger partial charge in [-0.25, -0.2) is 0 Å². The molecule has 0 spiro atoms. The van der Waals surface area contributed by atoms with Crippen molar-refractivity contribution in [3.05, 3.63) is 46.2 Å². The quantitative estimate of drug-likeness (QED) is 0.259. The standard InChI is InChI=1S/C33H37NO9/c1-13-19-3-2-4-21(35)25(19)28(38)27-24(13)29(20-12-22(36)26(32(34)41)30(39)33(20,42)31(27)40)43-23(37)11-18-10-16-6-14-5-15(7-16)9-17(18)8-14/h2-4,13-18,20,24,29,35,38-39,42H,5-12H2,1H3,(H2,34,41)/t13-,14?,15?,16?,17?,18?,20+,24+,29+,33+/m0/s1. The third-order valence-electron chi connectivity index (χ3n) is 11.6. The number of primary amides is 1. The number of nitrogens with two attached hydrogens (primary N) is 1. The monoisotopic (exact) mass is 591 g/mol. The lowest BCUT2D eigenvalue weighted by Crippen LogP contribution is -2.64. The van der Waals surface area contributed by atoms with E-state index in [4.69, 9.17) is 10.5 Å². The molecular formula is C33H37NO9. The van der Waals surface area contributed by atoms with Crippen LogP contribution in [-0.2, 0) is 23.9 Å². The van der Waals surface area contributed by atoms with E-state index in [2.05, 4.69) is 0 Å². The molecule has 7 aliphatic carbocycles. The molecule has 0 aliphatic heterocycles. The Kier molecular flexibility index (Phi) is 6.33. The Morgan fingerprint density at radius 1 is 1.00 bits per heavy atom. The molecule has 228 valence electrons. The van der Waals surface area contributed by atoms with Crippen LogP contribution in [0.4, 0.5) is 0 Å². The van der Waals surface area contributed by atoms with Gasteiger partial charge in [0.15, 0.2) is 11.4 Å². The lowest BCUT2D eigenvalue weighted by molar-refractivity contribution is -0.179. The van der Waals surface area contributed by atoms with Gasteiger partial charge in [-0.3, -0.25) is 19.2 Å². The molecule has 1 aromatic carbocycles. The Morgan fingerprint density at radius 3 is 2.30 bits per heavy atom. The zero-order chi connectivity index (χ0) is 30.5. The molecule has 0 aromatic heterocycles. The summed E-state index contributed by atoms with van der Waals surface area (Å²) < 4.78 is 6.17. The van der Waals surface area contributed by atoms with Crippen LogP contribution in [0.25, 0.3) is 5.76 Å². The predicted molar refractivity (Wildman–Crippen MR) is 151 cm³/mol. The number of aliphatic hydroxyl groups excluding tert-OH is 2. The molecule has 1 aromatic rings. The van der Waals surface area contributed by atoms with Crippen molar-refractivity contribution in [2.24, 2.45) is 47.2 Å². The molecule has 8 rings (SSSR count). The number of amides is 1. The first-order valence-corrected chi connectivity index (χ1v) is 15.4. The van der Waals surface area contributed by atoms with Gasteiger partial charge in [-0.05, 0) is 85.7 Å². The molecule has 5 fully saturated rings. The fourth-order valence-corrected chi connectivity index (χ4v) is 9.98. The summed E-state index contributed by atoms with van der Waals surface area (Å²) in [5, 5.41) is 45.0. The van der Waals surface area contributed by atoms with Gasteiger partial charge in [-0.2, -0.15) is 0 Å². The summed E-state index contributed by atoms with van der Waals surface area (Å²) >= 11 is 0. The molecule has 43 heavy (non-hydrogen) atoms. The van der Waals surface area contributed by atoms with E-state index < -0.39 is 76.4 Å². The Balaban J connectivity index is 1.30. The highest BCUT2D eigenvalue weighted by molar-refractivity contribution is 6.23. The highest BCUT2D eigenvalue weighted by Crippen LogP contribution is 2.57. The van der Waals surface area contributed by atoms with E-state index in [9.17, 15) is 39.6 Å². The van der Waals surface area contributed by atoms with E-state index in [1.807, 2.05) is 0 Å². The molecule has 5 saturated carbocycles. The number of hydrogen-bond donors (Lipinski definition) is 5. The Labute approximate surface area is 248 Å². The van der Waals surface area contributed by atoms with Crippen LogP contribution in [0.1, 0.15) is 75.3 Å². The third kappa shape index (κ3) is 4.01. The molecule has 0 radical (unpaired) electrons. The maximum absolute atomic E-state index is 14.1. The van der Waals surface area contributed by atoms with Crippen LogP contribution in [0.5, 0.6) is 5.75 Å². The van der Waals surface area contributed by atoms with Gasteiger partial charge in [0.1, 0.15) is 28.9 Å². The first-order valence-electron chi connectivity index (χ1n) is 15.4. The number of carbonyl (C=O) groups excluding carboxylic acids is 4. The van der Waals surface area contributed by atoms with E-state index in [1.165, 1.54) is 25.3 Å². The molecule has 4 bridgehead atoms. The molecule has 0 saturated heterocycles. The highest BCUT2D eigenvalue weighted by Gasteiger charge is 2.66. The number of aliphatic hydroxyl groups is 3. The molecule has 0 heterocycles. The van der Waals surface area contributed by atoms with E-state index in [1.54, 1.807) is 19.1 Å². The molecule has 10 nitrogen and oxygen atoms in total. The topological polar surface area (TPSA) is 184 Å². The summed E-state index contributed by atoms with van der Waals surface area (Å²) in [4.78, 5) is 53.0. The fourth-order valence-electron chi connectivity index (χ4n) is 9.98. The summed E-state index contributed by atoms with van der Waals surface area (Å²) in [6, 6.07) is 4.62. The molecule has 8 atom stereocenters. The van der Waals surface area contributed by atoms with Crippen molar-refractivity contribution >= 4 is 29.2 Å². The summed E-state index contributed by atoms with van der Waals surface area (Å²) in [5.74, 6) is -6.40. The second-order valence-electron chi connectivity index (χ2n) is 13.9. The Morgan fingerprint density at radius 2 is 1.65 bits per heavy atom. The van der Waals surface area contributed by atoms with Gasteiger partial charge in [0.05, 0.1) is 5.56 Å².